The number of rotatable bonds is 3. The Balaban J connectivity index is 1.35. The van der Waals surface area contributed by atoms with Crippen LogP contribution in [0.1, 0.15) is 90.8 Å². The summed E-state index contributed by atoms with van der Waals surface area (Å²) < 4.78 is 5.70. The Morgan fingerprint density at radius 1 is 1.00 bits per heavy atom. The Morgan fingerprint density at radius 2 is 1.72 bits per heavy atom. The molecule has 4 rings (SSSR count). The Hall–Kier alpha value is -1.35. The number of nitrogens with zero attached hydrogens (tertiary/aromatic N) is 2. The van der Waals surface area contributed by atoms with Crippen LogP contribution in [0.15, 0.2) is 22.7 Å². The van der Waals surface area contributed by atoms with E-state index in [1.54, 1.807) is 0 Å². The van der Waals surface area contributed by atoms with Crippen LogP contribution in [0, 0.1) is 17.3 Å². The minimum Gasteiger partial charge on any atom is -0.356 e. The first kappa shape index (κ1) is 20.9. The topological polar surface area (TPSA) is 29.3 Å². The SMILES string of the molecule is CC(C)(C)c1noc2cc(C3CCC(CN4CCC(C(C)(C)C)CC4)C3)ccc12. The van der Waals surface area contributed by atoms with Gasteiger partial charge in [-0.05, 0) is 86.1 Å². The Kier molecular flexibility index (Phi) is 5.57. The molecule has 2 fully saturated rings. The van der Waals surface area contributed by atoms with Crippen LogP contribution in [0.5, 0.6) is 0 Å². The number of benzene rings is 1. The lowest BCUT2D eigenvalue weighted by atomic mass is 9.75. The van der Waals surface area contributed by atoms with E-state index in [9.17, 15) is 0 Å². The van der Waals surface area contributed by atoms with Crippen molar-refractivity contribution in [2.75, 3.05) is 19.6 Å². The molecular formula is C26H40N2O. The first-order valence-corrected chi connectivity index (χ1v) is 11.7. The number of hydrogen-bond acceptors (Lipinski definition) is 3. The average Bonchev–Trinajstić information content (AvgIpc) is 3.27. The monoisotopic (exact) mass is 396 g/mol. The molecule has 0 amide bonds. The second kappa shape index (κ2) is 7.72. The fraction of sp³-hybridized carbons (Fsp3) is 0.731. The Labute approximate surface area is 177 Å². The molecule has 3 nitrogen and oxygen atoms in total. The molecule has 1 aromatic carbocycles. The Bertz CT molecular complexity index is 830. The van der Waals surface area contributed by atoms with E-state index in [0.29, 0.717) is 11.3 Å². The first-order valence-electron chi connectivity index (χ1n) is 11.7. The summed E-state index contributed by atoms with van der Waals surface area (Å²) in [6, 6.07) is 6.84. The van der Waals surface area contributed by atoms with Crippen molar-refractivity contribution in [3.63, 3.8) is 0 Å². The third-order valence-electron chi connectivity index (χ3n) is 7.55. The van der Waals surface area contributed by atoms with E-state index in [4.69, 9.17) is 4.52 Å². The molecule has 0 N–H and O–H groups in total. The van der Waals surface area contributed by atoms with Crippen LogP contribution >= 0.6 is 0 Å². The quantitative estimate of drug-likeness (QED) is 0.573. The summed E-state index contributed by atoms with van der Waals surface area (Å²) in [6.45, 7) is 17.7. The fourth-order valence-electron chi connectivity index (χ4n) is 5.64. The molecule has 0 spiro atoms. The maximum Gasteiger partial charge on any atom is 0.167 e. The predicted octanol–water partition coefficient (Wildman–Crippen LogP) is 6.77. The van der Waals surface area contributed by atoms with Gasteiger partial charge in [-0.2, -0.15) is 0 Å². The minimum absolute atomic E-state index is 0.0195. The molecular weight excluding hydrogens is 356 g/mol. The highest BCUT2D eigenvalue weighted by Gasteiger charge is 2.32. The summed E-state index contributed by atoms with van der Waals surface area (Å²) in [5.74, 6) is 2.42. The van der Waals surface area contributed by atoms with Gasteiger partial charge in [0.05, 0.1) is 5.69 Å². The van der Waals surface area contributed by atoms with Crippen molar-refractivity contribution in [3.05, 3.63) is 29.5 Å². The summed E-state index contributed by atoms with van der Waals surface area (Å²) in [7, 11) is 0. The summed E-state index contributed by atoms with van der Waals surface area (Å²) in [4.78, 5) is 2.74. The molecule has 0 bridgehead atoms. The molecule has 160 valence electrons. The van der Waals surface area contributed by atoms with E-state index in [1.807, 2.05) is 0 Å². The van der Waals surface area contributed by atoms with Crippen LogP contribution in [-0.2, 0) is 5.41 Å². The van der Waals surface area contributed by atoms with E-state index >= 15 is 0 Å². The molecule has 2 aromatic rings. The number of likely N-dealkylation sites (tertiary alicyclic amines) is 1. The maximum atomic E-state index is 5.70. The lowest BCUT2D eigenvalue weighted by Gasteiger charge is -2.39. The van der Waals surface area contributed by atoms with Gasteiger partial charge in [0.2, 0.25) is 0 Å². The summed E-state index contributed by atoms with van der Waals surface area (Å²) >= 11 is 0. The van der Waals surface area contributed by atoms with Gasteiger partial charge in [0, 0.05) is 17.3 Å². The molecule has 0 radical (unpaired) electrons. The van der Waals surface area contributed by atoms with Gasteiger partial charge in [0.15, 0.2) is 5.58 Å². The molecule has 1 saturated carbocycles. The predicted molar refractivity (Wildman–Crippen MR) is 121 cm³/mol. The van der Waals surface area contributed by atoms with Crippen LogP contribution in [0.4, 0.5) is 0 Å². The summed E-state index contributed by atoms with van der Waals surface area (Å²) in [6.07, 6.45) is 6.75. The fourth-order valence-corrected chi connectivity index (χ4v) is 5.64. The van der Waals surface area contributed by atoms with Crippen LogP contribution in [-0.4, -0.2) is 29.7 Å². The van der Waals surface area contributed by atoms with Gasteiger partial charge in [-0.15, -0.1) is 0 Å². The largest absolute Gasteiger partial charge is 0.356 e. The van der Waals surface area contributed by atoms with Gasteiger partial charge in [-0.25, -0.2) is 0 Å². The minimum atomic E-state index is 0.0195. The smallest absolute Gasteiger partial charge is 0.167 e. The van der Waals surface area contributed by atoms with Crippen molar-refractivity contribution in [1.29, 1.82) is 0 Å². The number of aromatic nitrogens is 1. The van der Waals surface area contributed by atoms with Gasteiger partial charge in [-0.1, -0.05) is 52.8 Å². The van der Waals surface area contributed by atoms with Gasteiger partial charge >= 0.3 is 0 Å². The second-order valence-electron chi connectivity index (χ2n) is 11.9. The van der Waals surface area contributed by atoms with Crippen LogP contribution in [0.2, 0.25) is 0 Å². The summed E-state index contributed by atoms with van der Waals surface area (Å²) in [5, 5.41) is 5.55. The standard InChI is InChI=1S/C26H40N2O/c1-25(2,3)21-11-13-28(14-12-21)17-18-7-8-19(15-18)20-9-10-22-23(16-20)29-27-24(22)26(4,5)6/h9-10,16,18-19,21H,7-8,11-15,17H2,1-6H3. The molecule has 2 unspecified atom stereocenters. The number of fused-ring (bicyclic) bond motifs is 1. The van der Waals surface area contributed by atoms with Gasteiger partial charge in [0.1, 0.15) is 0 Å². The van der Waals surface area contributed by atoms with E-state index in [0.717, 1.165) is 23.1 Å². The zero-order valence-electron chi connectivity index (χ0n) is 19.4. The van der Waals surface area contributed by atoms with Crippen molar-refractivity contribution in [2.45, 2.75) is 85.0 Å². The zero-order chi connectivity index (χ0) is 20.8. The van der Waals surface area contributed by atoms with Crippen LogP contribution < -0.4 is 0 Å². The average molecular weight is 397 g/mol. The second-order valence-corrected chi connectivity index (χ2v) is 11.9. The van der Waals surface area contributed by atoms with E-state index in [2.05, 4.69) is 69.8 Å². The van der Waals surface area contributed by atoms with Crippen molar-refractivity contribution >= 4 is 11.0 Å². The third kappa shape index (κ3) is 4.55. The van der Waals surface area contributed by atoms with Crippen molar-refractivity contribution in [3.8, 4) is 0 Å². The normalized spacial score (nSPS) is 25.2. The molecule has 2 aliphatic rings. The number of hydrogen-bond donors (Lipinski definition) is 0. The first-order chi connectivity index (χ1) is 13.6. The van der Waals surface area contributed by atoms with Gasteiger partial charge in [-0.3, -0.25) is 0 Å². The lowest BCUT2D eigenvalue weighted by Crippen LogP contribution is -2.40. The van der Waals surface area contributed by atoms with Crippen molar-refractivity contribution in [2.24, 2.45) is 17.3 Å². The molecule has 1 aromatic heterocycles. The molecule has 2 atom stereocenters. The zero-order valence-corrected chi connectivity index (χ0v) is 19.4. The highest BCUT2D eigenvalue weighted by molar-refractivity contribution is 5.81. The van der Waals surface area contributed by atoms with E-state index in [1.165, 1.54) is 62.7 Å². The third-order valence-corrected chi connectivity index (χ3v) is 7.55. The Morgan fingerprint density at radius 3 is 2.38 bits per heavy atom. The molecule has 1 saturated heterocycles. The number of piperidine rings is 1. The van der Waals surface area contributed by atoms with Crippen molar-refractivity contribution < 1.29 is 4.52 Å². The lowest BCUT2D eigenvalue weighted by molar-refractivity contribution is 0.101. The van der Waals surface area contributed by atoms with Crippen molar-refractivity contribution in [1.82, 2.24) is 10.1 Å². The molecule has 1 aliphatic carbocycles. The summed E-state index contributed by atoms with van der Waals surface area (Å²) in [5.41, 5.74) is 3.97. The van der Waals surface area contributed by atoms with E-state index in [-0.39, 0.29) is 5.41 Å². The highest BCUT2D eigenvalue weighted by atomic mass is 16.5. The molecule has 3 heteroatoms. The highest BCUT2D eigenvalue weighted by Crippen LogP contribution is 2.41. The van der Waals surface area contributed by atoms with Gasteiger partial charge in [0.25, 0.3) is 0 Å². The van der Waals surface area contributed by atoms with Gasteiger partial charge < -0.3 is 9.42 Å². The van der Waals surface area contributed by atoms with E-state index < -0.39 is 0 Å². The maximum absolute atomic E-state index is 5.70. The van der Waals surface area contributed by atoms with Crippen LogP contribution in [0.25, 0.3) is 11.0 Å². The van der Waals surface area contributed by atoms with Crippen LogP contribution in [0.3, 0.4) is 0 Å². The molecule has 2 heterocycles. The molecule has 29 heavy (non-hydrogen) atoms. The molecule has 1 aliphatic heterocycles.